The molecule has 4 aromatic rings. The molecule has 0 spiro atoms. The van der Waals surface area contributed by atoms with Crippen molar-refractivity contribution in [1.82, 2.24) is 14.9 Å². The standard InChI is InChI=1S/C31H31N3O4S/c35-31(38-28-9-7-24(8-10-28)17-22-39-30-6-2-4-19-33-30)34-20-15-25(16-21-34)23-36-26-11-13-27(14-12-26)37-29-5-1-3-18-32-29/h1-14,18-19,25H,15-17,20-23H2. The van der Waals surface area contributed by atoms with E-state index in [1.165, 1.54) is 5.56 Å². The van der Waals surface area contributed by atoms with Gasteiger partial charge >= 0.3 is 6.09 Å². The van der Waals surface area contributed by atoms with Crippen molar-refractivity contribution in [3.05, 3.63) is 103 Å². The second-order valence-corrected chi connectivity index (χ2v) is 10.4. The second-order valence-electron chi connectivity index (χ2n) is 9.26. The Morgan fingerprint density at radius 1 is 0.821 bits per heavy atom. The molecule has 0 aliphatic carbocycles. The first-order chi connectivity index (χ1) is 19.2. The molecule has 5 rings (SSSR count). The monoisotopic (exact) mass is 541 g/mol. The molecule has 1 saturated heterocycles. The van der Waals surface area contributed by atoms with Gasteiger partial charge in [-0.3, -0.25) is 0 Å². The van der Waals surface area contributed by atoms with Crippen molar-refractivity contribution in [2.75, 3.05) is 25.4 Å². The summed E-state index contributed by atoms with van der Waals surface area (Å²) < 4.78 is 17.3. The summed E-state index contributed by atoms with van der Waals surface area (Å²) in [4.78, 5) is 22.9. The van der Waals surface area contributed by atoms with Crippen LogP contribution in [-0.2, 0) is 6.42 Å². The van der Waals surface area contributed by atoms with Crippen molar-refractivity contribution in [2.24, 2.45) is 5.92 Å². The number of aryl methyl sites for hydroxylation is 1. The second kappa shape index (κ2) is 13.7. The van der Waals surface area contributed by atoms with E-state index in [4.69, 9.17) is 14.2 Å². The zero-order chi connectivity index (χ0) is 26.7. The van der Waals surface area contributed by atoms with Gasteiger partial charge in [-0.1, -0.05) is 24.3 Å². The summed E-state index contributed by atoms with van der Waals surface area (Å²) in [6.07, 6.45) is 5.89. The number of amides is 1. The van der Waals surface area contributed by atoms with Gasteiger partial charge < -0.3 is 19.1 Å². The molecule has 0 bridgehead atoms. The van der Waals surface area contributed by atoms with Gasteiger partial charge in [-0.2, -0.15) is 0 Å². The fraction of sp³-hybridized carbons (Fsp3) is 0.258. The number of hydrogen-bond acceptors (Lipinski definition) is 7. The lowest BCUT2D eigenvalue weighted by Crippen LogP contribution is -2.41. The quantitative estimate of drug-likeness (QED) is 0.202. The van der Waals surface area contributed by atoms with Gasteiger partial charge in [0, 0.05) is 37.3 Å². The Morgan fingerprint density at radius 3 is 2.21 bits per heavy atom. The molecule has 1 amide bonds. The maximum Gasteiger partial charge on any atom is 0.415 e. The van der Waals surface area contributed by atoms with Gasteiger partial charge in [-0.15, -0.1) is 11.8 Å². The normalized spacial score (nSPS) is 13.6. The predicted octanol–water partition coefficient (Wildman–Crippen LogP) is 6.89. The Kier molecular flexibility index (Phi) is 9.31. The molecule has 0 unspecified atom stereocenters. The van der Waals surface area contributed by atoms with Crippen LogP contribution in [0.3, 0.4) is 0 Å². The van der Waals surface area contributed by atoms with E-state index in [0.29, 0.717) is 43.0 Å². The molecule has 2 aromatic carbocycles. The number of hydrogen-bond donors (Lipinski definition) is 0. The largest absolute Gasteiger partial charge is 0.493 e. The Hall–Kier alpha value is -4.04. The van der Waals surface area contributed by atoms with Crippen LogP contribution < -0.4 is 14.2 Å². The zero-order valence-corrected chi connectivity index (χ0v) is 22.5. The Labute approximate surface area is 233 Å². The third-order valence-electron chi connectivity index (χ3n) is 6.45. The lowest BCUT2D eigenvalue weighted by Gasteiger charge is -2.31. The van der Waals surface area contributed by atoms with E-state index >= 15 is 0 Å². The third-order valence-corrected chi connectivity index (χ3v) is 7.39. The molecule has 0 saturated carbocycles. The minimum absolute atomic E-state index is 0.295. The fourth-order valence-electron chi connectivity index (χ4n) is 4.22. The van der Waals surface area contributed by atoms with Crippen molar-refractivity contribution in [2.45, 2.75) is 24.3 Å². The van der Waals surface area contributed by atoms with Gasteiger partial charge in [0.1, 0.15) is 17.2 Å². The van der Waals surface area contributed by atoms with Crippen molar-refractivity contribution >= 4 is 17.9 Å². The Balaban J connectivity index is 0.995. The number of thioether (sulfide) groups is 1. The number of nitrogens with zero attached hydrogens (tertiary/aromatic N) is 3. The topological polar surface area (TPSA) is 73.8 Å². The lowest BCUT2D eigenvalue weighted by atomic mass is 9.98. The number of piperidine rings is 1. The van der Waals surface area contributed by atoms with Gasteiger partial charge in [-0.25, -0.2) is 14.8 Å². The van der Waals surface area contributed by atoms with E-state index in [1.54, 1.807) is 22.9 Å². The first-order valence-electron chi connectivity index (χ1n) is 13.1. The number of carbonyl (C=O) groups excluding carboxylic acids is 1. The minimum atomic E-state index is -0.295. The van der Waals surface area contributed by atoms with Crippen LogP contribution in [0.2, 0.25) is 0 Å². The molecule has 1 aliphatic heterocycles. The van der Waals surface area contributed by atoms with Crippen LogP contribution in [0.4, 0.5) is 4.79 Å². The van der Waals surface area contributed by atoms with Gasteiger partial charge in [0.25, 0.3) is 0 Å². The summed E-state index contributed by atoms with van der Waals surface area (Å²) in [7, 11) is 0. The van der Waals surface area contributed by atoms with E-state index in [2.05, 4.69) is 9.97 Å². The molecular weight excluding hydrogens is 510 g/mol. The minimum Gasteiger partial charge on any atom is -0.493 e. The van der Waals surface area contributed by atoms with E-state index in [9.17, 15) is 4.79 Å². The van der Waals surface area contributed by atoms with Crippen molar-refractivity contribution in [1.29, 1.82) is 0 Å². The number of carbonyl (C=O) groups is 1. The molecule has 8 heteroatoms. The van der Waals surface area contributed by atoms with Crippen LogP contribution in [0.5, 0.6) is 23.1 Å². The first kappa shape index (κ1) is 26.6. The Morgan fingerprint density at radius 2 is 1.51 bits per heavy atom. The molecule has 1 aliphatic rings. The smallest absolute Gasteiger partial charge is 0.415 e. The van der Waals surface area contributed by atoms with Gasteiger partial charge in [0.2, 0.25) is 5.88 Å². The molecule has 3 heterocycles. The summed E-state index contributed by atoms with van der Waals surface area (Å²) in [5.74, 6) is 3.97. The van der Waals surface area contributed by atoms with Gasteiger partial charge in [0.05, 0.1) is 11.6 Å². The van der Waals surface area contributed by atoms with Crippen LogP contribution in [0, 0.1) is 5.92 Å². The molecule has 0 radical (unpaired) electrons. The first-order valence-corrected chi connectivity index (χ1v) is 14.1. The molecule has 39 heavy (non-hydrogen) atoms. The lowest BCUT2D eigenvalue weighted by molar-refractivity contribution is 0.117. The molecule has 0 N–H and O–H groups in total. The number of rotatable bonds is 10. The van der Waals surface area contributed by atoms with Crippen molar-refractivity contribution in [3.8, 4) is 23.1 Å². The summed E-state index contributed by atoms with van der Waals surface area (Å²) in [5, 5.41) is 1.03. The molecular formula is C31H31N3O4S. The van der Waals surface area contributed by atoms with Crippen LogP contribution in [0.1, 0.15) is 18.4 Å². The number of aromatic nitrogens is 2. The van der Waals surface area contributed by atoms with E-state index in [0.717, 1.165) is 35.8 Å². The van der Waals surface area contributed by atoms with E-state index in [1.807, 2.05) is 91.1 Å². The van der Waals surface area contributed by atoms with Crippen molar-refractivity contribution < 1.29 is 19.0 Å². The molecule has 200 valence electrons. The number of benzene rings is 2. The maximum absolute atomic E-state index is 12.7. The summed E-state index contributed by atoms with van der Waals surface area (Å²) in [6, 6.07) is 26.8. The van der Waals surface area contributed by atoms with E-state index in [-0.39, 0.29) is 6.09 Å². The fourth-order valence-corrected chi connectivity index (χ4v) is 5.08. The highest BCUT2D eigenvalue weighted by atomic mass is 32.2. The summed E-state index contributed by atoms with van der Waals surface area (Å²) in [6.45, 7) is 1.93. The molecule has 0 atom stereocenters. The third kappa shape index (κ3) is 8.22. The zero-order valence-electron chi connectivity index (χ0n) is 21.6. The maximum atomic E-state index is 12.7. The highest BCUT2D eigenvalue weighted by Gasteiger charge is 2.24. The van der Waals surface area contributed by atoms with Gasteiger partial charge in [-0.05, 0) is 85.3 Å². The van der Waals surface area contributed by atoms with Crippen LogP contribution >= 0.6 is 11.8 Å². The highest BCUT2D eigenvalue weighted by molar-refractivity contribution is 7.99. The highest BCUT2D eigenvalue weighted by Crippen LogP contribution is 2.25. The van der Waals surface area contributed by atoms with Crippen molar-refractivity contribution in [3.63, 3.8) is 0 Å². The average Bonchev–Trinajstić information content (AvgIpc) is 2.99. The summed E-state index contributed by atoms with van der Waals surface area (Å²) >= 11 is 1.73. The molecule has 7 nitrogen and oxygen atoms in total. The van der Waals surface area contributed by atoms with Gasteiger partial charge in [0.15, 0.2) is 0 Å². The molecule has 2 aromatic heterocycles. The predicted molar refractivity (Wildman–Crippen MR) is 152 cm³/mol. The van der Waals surface area contributed by atoms with Crippen LogP contribution in [0.15, 0.2) is 102 Å². The number of likely N-dealkylation sites (tertiary alicyclic amines) is 1. The van der Waals surface area contributed by atoms with E-state index < -0.39 is 0 Å². The Bertz CT molecular complexity index is 1300. The average molecular weight is 542 g/mol. The number of pyridine rings is 2. The SMILES string of the molecule is O=C(Oc1ccc(CCSc2ccccn2)cc1)N1CCC(COc2ccc(Oc3ccccn3)cc2)CC1. The van der Waals surface area contributed by atoms with Crippen LogP contribution in [-0.4, -0.2) is 46.4 Å². The summed E-state index contributed by atoms with van der Waals surface area (Å²) in [5.41, 5.74) is 1.20. The molecule has 1 fully saturated rings. The van der Waals surface area contributed by atoms with Crippen LogP contribution in [0.25, 0.3) is 0 Å². The number of ether oxygens (including phenoxy) is 3.